The quantitative estimate of drug-likeness (QED) is 0.703. The minimum absolute atomic E-state index is 0.764. The van der Waals surface area contributed by atoms with Crippen molar-refractivity contribution in [2.45, 2.75) is 33.7 Å². The summed E-state index contributed by atoms with van der Waals surface area (Å²) in [4.78, 5) is 2.42. The van der Waals surface area contributed by atoms with Crippen LogP contribution in [0, 0.1) is 0 Å². The molecule has 1 N–H and O–H groups in total. The molecule has 1 rings (SSSR count). The van der Waals surface area contributed by atoms with Gasteiger partial charge < -0.3 is 15.0 Å². The average Bonchev–Trinajstić information content (AvgIpc) is 2.45. The van der Waals surface area contributed by atoms with Crippen LogP contribution in [0.15, 0.2) is 24.3 Å². The van der Waals surface area contributed by atoms with Crippen molar-refractivity contribution in [2.75, 3.05) is 32.8 Å². The largest absolute Gasteiger partial charge is 0.492 e. The zero-order valence-electron chi connectivity index (χ0n) is 12.6. The number of benzene rings is 1. The lowest BCUT2D eigenvalue weighted by Gasteiger charge is -2.19. The van der Waals surface area contributed by atoms with E-state index in [2.05, 4.69) is 55.3 Å². The van der Waals surface area contributed by atoms with E-state index in [4.69, 9.17) is 4.74 Å². The summed E-state index contributed by atoms with van der Waals surface area (Å²) < 4.78 is 5.78. The molecule has 0 amide bonds. The third-order valence-electron chi connectivity index (χ3n) is 3.17. The maximum Gasteiger partial charge on any atom is 0.119 e. The minimum Gasteiger partial charge on any atom is -0.492 e. The van der Waals surface area contributed by atoms with Crippen molar-refractivity contribution in [1.82, 2.24) is 10.2 Å². The summed E-state index contributed by atoms with van der Waals surface area (Å²) >= 11 is 0. The van der Waals surface area contributed by atoms with Gasteiger partial charge >= 0.3 is 0 Å². The van der Waals surface area contributed by atoms with E-state index in [0.29, 0.717) is 0 Å². The second kappa shape index (κ2) is 9.82. The first kappa shape index (κ1) is 16.0. The van der Waals surface area contributed by atoms with Crippen LogP contribution >= 0.6 is 0 Å². The molecule has 0 saturated carbocycles. The maximum atomic E-state index is 5.78. The molecule has 3 heteroatoms. The molecule has 3 nitrogen and oxygen atoms in total. The molecule has 0 aliphatic carbocycles. The first-order chi connectivity index (χ1) is 9.30. The van der Waals surface area contributed by atoms with Crippen LogP contribution in [0.2, 0.25) is 0 Å². The molecule has 0 spiro atoms. The average molecular weight is 264 g/mol. The van der Waals surface area contributed by atoms with Gasteiger partial charge in [-0.3, -0.25) is 0 Å². The van der Waals surface area contributed by atoms with Crippen LogP contribution in [0.4, 0.5) is 0 Å². The Morgan fingerprint density at radius 3 is 2.37 bits per heavy atom. The summed E-state index contributed by atoms with van der Waals surface area (Å²) in [6, 6.07) is 8.37. The smallest absolute Gasteiger partial charge is 0.119 e. The number of nitrogens with one attached hydrogen (secondary N) is 1. The normalized spacial score (nSPS) is 10.9. The highest BCUT2D eigenvalue weighted by molar-refractivity contribution is 5.27. The molecule has 0 radical (unpaired) electrons. The van der Waals surface area contributed by atoms with Crippen molar-refractivity contribution >= 4 is 0 Å². The Kier molecular flexibility index (Phi) is 8.26. The van der Waals surface area contributed by atoms with E-state index in [0.717, 1.165) is 45.1 Å². The number of likely N-dealkylation sites (N-methyl/N-ethyl adjacent to an activating group) is 1. The highest BCUT2D eigenvalue weighted by Gasteiger charge is 2.01. The van der Waals surface area contributed by atoms with Crippen molar-refractivity contribution < 1.29 is 4.74 Å². The van der Waals surface area contributed by atoms with Gasteiger partial charge in [0.2, 0.25) is 0 Å². The maximum absolute atomic E-state index is 5.78. The van der Waals surface area contributed by atoms with Crippen LogP contribution in [0.5, 0.6) is 5.75 Å². The fourth-order valence-electron chi connectivity index (χ4n) is 2.01. The topological polar surface area (TPSA) is 24.5 Å². The summed E-state index contributed by atoms with van der Waals surface area (Å²) in [5.41, 5.74) is 1.30. The zero-order valence-corrected chi connectivity index (χ0v) is 12.6. The van der Waals surface area contributed by atoms with Crippen LogP contribution in [0.25, 0.3) is 0 Å². The first-order valence-corrected chi connectivity index (χ1v) is 7.44. The third kappa shape index (κ3) is 6.60. The molecule has 0 fully saturated rings. The van der Waals surface area contributed by atoms with Gasteiger partial charge in [-0.1, -0.05) is 32.9 Å². The van der Waals surface area contributed by atoms with Crippen LogP contribution in [-0.2, 0) is 6.54 Å². The number of nitrogens with zero attached hydrogens (tertiary/aromatic N) is 1. The van der Waals surface area contributed by atoms with Gasteiger partial charge in [0, 0.05) is 13.1 Å². The molecule has 0 unspecified atom stereocenters. The lowest BCUT2D eigenvalue weighted by Crippen LogP contribution is -2.28. The molecule has 0 saturated heterocycles. The van der Waals surface area contributed by atoms with E-state index in [1.54, 1.807) is 0 Å². The molecular formula is C16H28N2O. The van der Waals surface area contributed by atoms with Gasteiger partial charge in [-0.05, 0) is 43.8 Å². The molecule has 0 aliphatic heterocycles. The minimum atomic E-state index is 0.764. The second-order valence-electron chi connectivity index (χ2n) is 4.71. The fourth-order valence-corrected chi connectivity index (χ4v) is 2.01. The van der Waals surface area contributed by atoms with E-state index in [-0.39, 0.29) is 0 Å². The highest BCUT2D eigenvalue weighted by Crippen LogP contribution is 2.12. The summed E-state index contributed by atoms with van der Waals surface area (Å²) in [5, 5.41) is 3.32. The number of rotatable bonds is 10. The Labute approximate surface area is 118 Å². The van der Waals surface area contributed by atoms with Gasteiger partial charge in [-0.15, -0.1) is 0 Å². The molecule has 108 valence electrons. The molecule has 0 aromatic heterocycles. The van der Waals surface area contributed by atoms with E-state index < -0.39 is 0 Å². The monoisotopic (exact) mass is 264 g/mol. The number of hydrogen-bond acceptors (Lipinski definition) is 3. The van der Waals surface area contributed by atoms with E-state index >= 15 is 0 Å². The Morgan fingerprint density at radius 1 is 1.05 bits per heavy atom. The highest BCUT2D eigenvalue weighted by atomic mass is 16.5. The van der Waals surface area contributed by atoms with Crippen molar-refractivity contribution in [3.8, 4) is 5.75 Å². The van der Waals surface area contributed by atoms with Gasteiger partial charge in [0.25, 0.3) is 0 Å². The van der Waals surface area contributed by atoms with E-state index in [9.17, 15) is 0 Å². The van der Waals surface area contributed by atoms with E-state index in [1.807, 2.05) is 0 Å². The molecule has 0 heterocycles. The van der Waals surface area contributed by atoms with Crippen LogP contribution in [0.3, 0.4) is 0 Å². The predicted octanol–water partition coefficient (Wildman–Crippen LogP) is 2.91. The zero-order chi connectivity index (χ0) is 13.9. The van der Waals surface area contributed by atoms with Crippen LogP contribution in [0.1, 0.15) is 32.8 Å². The summed E-state index contributed by atoms with van der Waals surface area (Å²) in [7, 11) is 0. The van der Waals surface area contributed by atoms with Crippen molar-refractivity contribution in [3.05, 3.63) is 29.8 Å². The first-order valence-electron chi connectivity index (χ1n) is 7.44. The standard InChI is InChI=1S/C16H28N2O/c1-4-11-18(6-3)12-13-19-16-9-7-15(8-10-16)14-17-5-2/h7-10,17H,4-6,11-14H2,1-3H3. The predicted molar refractivity (Wildman–Crippen MR) is 81.7 cm³/mol. The SMILES string of the molecule is CCCN(CC)CCOc1ccc(CNCC)cc1. The van der Waals surface area contributed by atoms with Crippen molar-refractivity contribution in [2.24, 2.45) is 0 Å². The Morgan fingerprint density at radius 2 is 1.79 bits per heavy atom. The summed E-state index contributed by atoms with van der Waals surface area (Å²) in [6.45, 7) is 12.5. The Balaban J connectivity index is 2.29. The molecule has 0 bridgehead atoms. The fraction of sp³-hybridized carbons (Fsp3) is 0.625. The number of hydrogen-bond donors (Lipinski definition) is 1. The molecule has 1 aromatic rings. The van der Waals surface area contributed by atoms with Crippen LogP contribution < -0.4 is 10.1 Å². The second-order valence-corrected chi connectivity index (χ2v) is 4.71. The van der Waals surface area contributed by atoms with Crippen molar-refractivity contribution in [3.63, 3.8) is 0 Å². The van der Waals surface area contributed by atoms with Crippen molar-refractivity contribution in [1.29, 1.82) is 0 Å². The summed E-state index contributed by atoms with van der Waals surface area (Å²) in [5.74, 6) is 0.966. The van der Waals surface area contributed by atoms with Gasteiger partial charge in [0.15, 0.2) is 0 Å². The van der Waals surface area contributed by atoms with Gasteiger partial charge in [0.05, 0.1) is 0 Å². The Bertz CT molecular complexity index is 324. The number of ether oxygens (including phenoxy) is 1. The molecule has 19 heavy (non-hydrogen) atoms. The van der Waals surface area contributed by atoms with Gasteiger partial charge in [-0.25, -0.2) is 0 Å². The van der Waals surface area contributed by atoms with E-state index in [1.165, 1.54) is 12.0 Å². The lowest BCUT2D eigenvalue weighted by molar-refractivity contribution is 0.216. The lowest BCUT2D eigenvalue weighted by atomic mass is 10.2. The van der Waals surface area contributed by atoms with Gasteiger partial charge in [-0.2, -0.15) is 0 Å². The Hall–Kier alpha value is -1.06. The third-order valence-corrected chi connectivity index (χ3v) is 3.17. The summed E-state index contributed by atoms with van der Waals surface area (Å²) in [6.07, 6.45) is 1.20. The molecule has 0 aliphatic rings. The molecule has 0 atom stereocenters. The molecule has 1 aromatic carbocycles. The molecular weight excluding hydrogens is 236 g/mol. The van der Waals surface area contributed by atoms with Gasteiger partial charge in [0.1, 0.15) is 12.4 Å². The van der Waals surface area contributed by atoms with Crippen LogP contribution in [-0.4, -0.2) is 37.7 Å².